The second-order valence-electron chi connectivity index (χ2n) is 6.46. The molecule has 0 fully saturated rings. The molecule has 162 valence electrons. The number of nitrogens with zero attached hydrogens (tertiary/aromatic N) is 3. The number of hydrogen-bond acceptors (Lipinski definition) is 8. The van der Waals surface area contributed by atoms with Gasteiger partial charge in [-0.05, 0) is 41.9 Å². The number of carbonyl (C=O) groups excluding carboxylic acids is 2. The van der Waals surface area contributed by atoms with Gasteiger partial charge in [-0.2, -0.15) is 0 Å². The number of ketones is 1. The quantitative estimate of drug-likeness (QED) is 0.190. The molecular weight excluding hydrogens is 425 g/mol. The van der Waals surface area contributed by atoms with Crippen LogP contribution in [-0.2, 0) is 16.0 Å². The number of aromatic nitrogens is 2. The SMILES string of the molecule is CC(=O)CC(=O)N[C@@H](C)CSc1nonc1C(Cc1ccc(F)c(C(F)F)c1)=NO. The maximum absolute atomic E-state index is 13.5. The average molecular weight is 444 g/mol. The number of halogens is 3. The third-order valence-electron chi connectivity index (χ3n) is 3.81. The van der Waals surface area contributed by atoms with Gasteiger partial charge in [0.15, 0.2) is 10.7 Å². The molecule has 0 saturated heterocycles. The number of carbonyl (C=O) groups is 2. The molecule has 2 aromatic rings. The second-order valence-corrected chi connectivity index (χ2v) is 7.47. The minimum Gasteiger partial charge on any atom is -0.411 e. The summed E-state index contributed by atoms with van der Waals surface area (Å²) in [7, 11) is 0. The fraction of sp³-hybridized carbons (Fsp3) is 0.389. The van der Waals surface area contributed by atoms with Crippen LogP contribution in [0.25, 0.3) is 0 Å². The van der Waals surface area contributed by atoms with Crippen molar-refractivity contribution in [3.8, 4) is 0 Å². The van der Waals surface area contributed by atoms with Gasteiger partial charge in [0.25, 0.3) is 6.43 Å². The lowest BCUT2D eigenvalue weighted by Gasteiger charge is -2.12. The maximum Gasteiger partial charge on any atom is 0.266 e. The Labute approximate surface area is 173 Å². The standard InChI is InChI=1S/C18H19F3N4O4S/c1-9(22-15(27)5-10(2)26)8-30-18-16(24-29-25-18)14(23-28)7-11-3-4-13(19)12(6-11)17(20)21/h3-4,6,9,17,28H,5,7-8H2,1-2H3,(H,22,27)/t9-/m0/s1. The van der Waals surface area contributed by atoms with Crippen LogP contribution in [-0.4, -0.2) is 44.7 Å². The number of nitrogens with one attached hydrogen (secondary N) is 1. The predicted octanol–water partition coefficient (Wildman–Crippen LogP) is 3.14. The Hall–Kier alpha value is -2.89. The van der Waals surface area contributed by atoms with Crippen molar-refractivity contribution in [2.24, 2.45) is 5.16 Å². The van der Waals surface area contributed by atoms with Crippen molar-refractivity contribution in [1.82, 2.24) is 15.6 Å². The molecule has 1 aromatic heterocycles. The first-order valence-electron chi connectivity index (χ1n) is 8.73. The minimum absolute atomic E-state index is 0.0150. The van der Waals surface area contributed by atoms with Crippen LogP contribution in [0.15, 0.2) is 33.0 Å². The zero-order valence-electron chi connectivity index (χ0n) is 16.1. The summed E-state index contributed by atoms with van der Waals surface area (Å²) in [5.74, 6) is -1.35. The van der Waals surface area contributed by atoms with Crippen molar-refractivity contribution in [2.45, 2.75) is 44.2 Å². The molecule has 1 atom stereocenters. The van der Waals surface area contributed by atoms with E-state index in [4.69, 9.17) is 0 Å². The Bertz CT molecular complexity index is 936. The number of thioether (sulfide) groups is 1. The van der Waals surface area contributed by atoms with Crippen molar-refractivity contribution in [3.63, 3.8) is 0 Å². The van der Waals surface area contributed by atoms with Gasteiger partial charge in [-0.1, -0.05) is 23.0 Å². The summed E-state index contributed by atoms with van der Waals surface area (Å²) in [5, 5.41) is 22.8. The average Bonchev–Trinajstić information content (AvgIpc) is 3.13. The maximum atomic E-state index is 13.5. The van der Waals surface area contributed by atoms with Crippen LogP contribution in [0, 0.1) is 5.82 Å². The van der Waals surface area contributed by atoms with Crippen LogP contribution < -0.4 is 5.32 Å². The van der Waals surface area contributed by atoms with Gasteiger partial charge in [0.1, 0.15) is 17.3 Å². The smallest absolute Gasteiger partial charge is 0.266 e. The number of oxime groups is 1. The highest BCUT2D eigenvalue weighted by atomic mass is 32.2. The van der Waals surface area contributed by atoms with E-state index in [2.05, 4.69) is 25.4 Å². The summed E-state index contributed by atoms with van der Waals surface area (Å²) >= 11 is 1.15. The van der Waals surface area contributed by atoms with Gasteiger partial charge in [-0.25, -0.2) is 17.8 Å². The van der Waals surface area contributed by atoms with E-state index in [1.54, 1.807) is 6.92 Å². The first-order chi connectivity index (χ1) is 14.2. The summed E-state index contributed by atoms with van der Waals surface area (Å²) in [6.45, 7) is 3.04. The van der Waals surface area contributed by atoms with Crippen molar-refractivity contribution >= 4 is 29.2 Å². The van der Waals surface area contributed by atoms with E-state index in [0.717, 1.165) is 23.9 Å². The van der Waals surface area contributed by atoms with Gasteiger partial charge in [0, 0.05) is 18.2 Å². The molecule has 2 N–H and O–H groups in total. The summed E-state index contributed by atoms with van der Waals surface area (Å²) in [5.41, 5.74) is -0.400. The van der Waals surface area contributed by atoms with Gasteiger partial charge in [-0.15, -0.1) is 0 Å². The lowest BCUT2D eigenvalue weighted by Crippen LogP contribution is -2.35. The van der Waals surface area contributed by atoms with Gasteiger partial charge >= 0.3 is 0 Å². The molecule has 0 spiro atoms. The number of benzene rings is 1. The minimum atomic E-state index is -2.99. The molecule has 1 heterocycles. The molecule has 0 aliphatic heterocycles. The van der Waals surface area contributed by atoms with E-state index in [-0.39, 0.29) is 46.7 Å². The molecule has 12 heteroatoms. The van der Waals surface area contributed by atoms with Gasteiger partial charge in [-0.3, -0.25) is 9.59 Å². The largest absolute Gasteiger partial charge is 0.411 e. The van der Waals surface area contributed by atoms with Crippen molar-refractivity contribution < 1.29 is 32.6 Å². The van der Waals surface area contributed by atoms with Crippen molar-refractivity contribution in [1.29, 1.82) is 0 Å². The molecule has 0 aliphatic rings. The zero-order chi connectivity index (χ0) is 22.3. The number of amides is 1. The van der Waals surface area contributed by atoms with Crippen LogP contribution in [0.2, 0.25) is 0 Å². The number of alkyl halides is 2. The van der Waals surface area contributed by atoms with Crippen LogP contribution in [0.4, 0.5) is 13.2 Å². The Morgan fingerprint density at radius 1 is 1.33 bits per heavy atom. The van der Waals surface area contributed by atoms with Crippen LogP contribution in [0.3, 0.4) is 0 Å². The molecule has 0 aliphatic carbocycles. The molecule has 8 nitrogen and oxygen atoms in total. The molecule has 2 rings (SSSR count). The third kappa shape index (κ3) is 6.58. The Kier molecular flexibility index (Phi) is 8.39. The van der Waals surface area contributed by atoms with Crippen molar-refractivity contribution in [3.05, 3.63) is 40.8 Å². The van der Waals surface area contributed by atoms with Gasteiger partial charge in [0.05, 0.1) is 12.0 Å². The van der Waals surface area contributed by atoms with Crippen LogP contribution in [0.1, 0.15) is 43.5 Å². The number of rotatable bonds is 10. The predicted molar refractivity (Wildman–Crippen MR) is 101 cm³/mol. The topological polar surface area (TPSA) is 118 Å². The molecule has 30 heavy (non-hydrogen) atoms. The van der Waals surface area contributed by atoms with Crippen LogP contribution in [0.5, 0.6) is 0 Å². The summed E-state index contributed by atoms with van der Waals surface area (Å²) < 4.78 is 43.9. The normalized spacial score (nSPS) is 12.8. The highest BCUT2D eigenvalue weighted by Crippen LogP contribution is 2.25. The molecular formula is C18H19F3N4O4S. The molecule has 0 saturated carbocycles. The van der Waals surface area contributed by atoms with Gasteiger partial charge < -0.3 is 10.5 Å². The monoisotopic (exact) mass is 444 g/mol. The zero-order valence-corrected chi connectivity index (χ0v) is 16.9. The second kappa shape index (κ2) is 10.8. The van der Waals surface area contributed by atoms with E-state index in [0.29, 0.717) is 5.75 Å². The molecule has 0 bridgehead atoms. The summed E-state index contributed by atoms with van der Waals surface area (Å²) in [6, 6.07) is 2.87. The molecule has 0 radical (unpaired) electrons. The Morgan fingerprint density at radius 3 is 2.70 bits per heavy atom. The lowest BCUT2D eigenvalue weighted by atomic mass is 10.0. The number of Topliss-reactive ketones (excluding diaryl/α,β-unsaturated/α-hetero) is 1. The highest BCUT2D eigenvalue weighted by molar-refractivity contribution is 7.99. The Balaban J connectivity index is 2.06. The lowest BCUT2D eigenvalue weighted by molar-refractivity contribution is -0.127. The van der Waals surface area contributed by atoms with Crippen molar-refractivity contribution in [2.75, 3.05) is 5.75 Å². The molecule has 0 unspecified atom stereocenters. The highest BCUT2D eigenvalue weighted by Gasteiger charge is 2.21. The first kappa shape index (κ1) is 23.4. The van der Waals surface area contributed by atoms with E-state index in [9.17, 15) is 28.0 Å². The van der Waals surface area contributed by atoms with E-state index >= 15 is 0 Å². The third-order valence-corrected chi connectivity index (χ3v) is 5.01. The van der Waals surface area contributed by atoms with E-state index in [1.165, 1.54) is 13.0 Å². The first-order valence-corrected chi connectivity index (χ1v) is 9.71. The molecule has 1 amide bonds. The van der Waals surface area contributed by atoms with Gasteiger partial charge in [0.2, 0.25) is 5.91 Å². The fourth-order valence-corrected chi connectivity index (χ4v) is 3.35. The Morgan fingerprint density at radius 2 is 2.07 bits per heavy atom. The molecule has 1 aromatic carbocycles. The summed E-state index contributed by atoms with van der Waals surface area (Å²) in [6.07, 6.45) is -3.33. The fourth-order valence-electron chi connectivity index (χ4n) is 2.48. The van der Waals surface area contributed by atoms with E-state index in [1.807, 2.05) is 0 Å². The number of hydrogen-bond donors (Lipinski definition) is 2. The van der Waals surface area contributed by atoms with Crippen LogP contribution >= 0.6 is 11.8 Å². The van der Waals surface area contributed by atoms with E-state index < -0.39 is 23.7 Å². The summed E-state index contributed by atoms with van der Waals surface area (Å²) in [4.78, 5) is 22.6.